The lowest BCUT2D eigenvalue weighted by molar-refractivity contribution is -0.0596. The Balaban J connectivity index is 1.47. The number of piperidine rings is 1. The summed E-state index contributed by atoms with van der Waals surface area (Å²) in [5.74, 6) is -0.0420. The number of aliphatic hydroxyl groups excluding tert-OH is 1. The van der Waals surface area contributed by atoms with E-state index in [-0.39, 0.29) is 11.4 Å². The number of benzene rings is 1. The Hall–Kier alpha value is -2.18. The predicted molar refractivity (Wildman–Crippen MR) is 98.6 cm³/mol. The molecule has 0 aliphatic carbocycles. The smallest absolute Gasteiger partial charge is 0.257 e. The molecule has 1 aromatic heterocycles. The van der Waals surface area contributed by atoms with Crippen molar-refractivity contribution in [3.63, 3.8) is 0 Å². The number of carbonyl (C=O) groups is 1. The molecule has 2 saturated heterocycles. The Morgan fingerprint density at radius 1 is 1.27 bits per heavy atom. The zero-order chi connectivity index (χ0) is 18.1. The molecule has 1 N–H and O–H groups in total. The molecule has 6 nitrogen and oxygen atoms in total. The number of hydrogen-bond acceptors (Lipinski definition) is 4. The van der Waals surface area contributed by atoms with Crippen LogP contribution in [0.1, 0.15) is 35.2 Å². The van der Waals surface area contributed by atoms with Gasteiger partial charge in [-0.15, -0.1) is 0 Å². The van der Waals surface area contributed by atoms with Crippen molar-refractivity contribution in [3.8, 4) is 0 Å². The average Bonchev–Trinajstić information content (AvgIpc) is 3.25. The Labute approximate surface area is 154 Å². The fraction of sp³-hybridized carbons (Fsp3) is 0.500. The molecule has 6 heteroatoms. The van der Waals surface area contributed by atoms with Crippen LogP contribution >= 0.6 is 0 Å². The standard InChI is InChI=1S/C20H26N4O2/c1-22-14-17(12-21-22)19(26)23-11-9-20(18(25)15-23)8-5-10-24(20)13-16-6-3-2-4-7-16/h2-4,6-7,12,14,18,25H,5,8-11,13,15H2,1H3/t18-,20-/m0/s1. The van der Waals surface area contributed by atoms with E-state index >= 15 is 0 Å². The zero-order valence-corrected chi connectivity index (χ0v) is 15.2. The van der Waals surface area contributed by atoms with Gasteiger partial charge in [0, 0.05) is 32.9 Å². The molecule has 2 aromatic rings. The summed E-state index contributed by atoms with van der Waals surface area (Å²) >= 11 is 0. The molecule has 26 heavy (non-hydrogen) atoms. The highest BCUT2D eigenvalue weighted by molar-refractivity contribution is 5.93. The summed E-state index contributed by atoms with van der Waals surface area (Å²) in [5, 5.41) is 15.1. The summed E-state index contributed by atoms with van der Waals surface area (Å²) < 4.78 is 1.63. The molecule has 0 unspecified atom stereocenters. The minimum Gasteiger partial charge on any atom is -0.389 e. The van der Waals surface area contributed by atoms with Crippen LogP contribution in [0.15, 0.2) is 42.7 Å². The average molecular weight is 354 g/mol. The van der Waals surface area contributed by atoms with Crippen molar-refractivity contribution >= 4 is 5.91 Å². The minimum atomic E-state index is -0.525. The number of nitrogens with zero attached hydrogens (tertiary/aromatic N) is 4. The van der Waals surface area contributed by atoms with Crippen molar-refractivity contribution in [1.82, 2.24) is 19.6 Å². The van der Waals surface area contributed by atoms with Crippen LogP contribution in [0.3, 0.4) is 0 Å². The van der Waals surface area contributed by atoms with Gasteiger partial charge in [0.1, 0.15) is 0 Å². The van der Waals surface area contributed by atoms with Gasteiger partial charge in [-0.3, -0.25) is 14.4 Å². The molecule has 2 fully saturated rings. The summed E-state index contributed by atoms with van der Waals surface area (Å²) in [6.07, 6.45) is 5.71. The second-order valence-electron chi connectivity index (χ2n) is 7.53. The molecule has 1 aromatic carbocycles. The van der Waals surface area contributed by atoms with E-state index in [2.05, 4.69) is 34.3 Å². The van der Waals surface area contributed by atoms with Gasteiger partial charge in [-0.2, -0.15) is 5.10 Å². The van der Waals surface area contributed by atoms with Gasteiger partial charge in [-0.05, 0) is 31.4 Å². The van der Waals surface area contributed by atoms with E-state index < -0.39 is 6.10 Å². The summed E-state index contributed by atoms with van der Waals surface area (Å²) in [6.45, 7) is 2.92. The van der Waals surface area contributed by atoms with Crippen molar-refractivity contribution in [2.24, 2.45) is 7.05 Å². The first kappa shape index (κ1) is 17.2. The third kappa shape index (κ3) is 3.04. The van der Waals surface area contributed by atoms with Crippen LogP contribution in [0.2, 0.25) is 0 Å². The fourth-order valence-corrected chi connectivity index (χ4v) is 4.52. The molecule has 0 radical (unpaired) electrons. The number of β-amino-alcohol motifs (C(OH)–C–C–N with tert-alkyl or cyclic N) is 1. The number of rotatable bonds is 3. The monoisotopic (exact) mass is 354 g/mol. The van der Waals surface area contributed by atoms with E-state index in [1.807, 2.05) is 6.07 Å². The van der Waals surface area contributed by atoms with Gasteiger partial charge in [-0.25, -0.2) is 0 Å². The van der Waals surface area contributed by atoms with Crippen LogP contribution in [-0.4, -0.2) is 61.9 Å². The molecule has 1 amide bonds. The summed E-state index contributed by atoms with van der Waals surface area (Å²) in [5.41, 5.74) is 1.65. The Morgan fingerprint density at radius 2 is 2.08 bits per heavy atom. The van der Waals surface area contributed by atoms with Crippen molar-refractivity contribution in [2.45, 2.75) is 37.5 Å². The molecule has 0 bridgehead atoms. The predicted octanol–water partition coefficient (Wildman–Crippen LogP) is 1.66. The van der Waals surface area contributed by atoms with E-state index in [4.69, 9.17) is 0 Å². The summed E-state index contributed by atoms with van der Waals surface area (Å²) in [6, 6.07) is 10.4. The highest BCUT2D eigenvalue weighted by Crippen LogP contribution is 2.39. The van der Waals surface area contributed by atoms with Crippen LogP contribution < -0.4 is 0 Å². The molecule has 1 spiro atoms. The van der Waals surface area contributed by atoms with Crippen LogP contribution in [-0.2, 0) is 13.6 Å². The lowest BCUT2D eigenvalue weighted by Crippen LogP contribution is -2.62. The van der Waals surface area contributed by atoms with E-state index in [9.17, 15) is 9.90 Å². The van der Waals surface area contributed by atoms with Gasteiger partial charge in [0.2, 0.25) is 0 Å². The quantitative estimate of drug-likeness (QED) is 0.911. The van der Waals surface area contributed by atoms with E-state index in [1.54, 1.807) is 29.0 Å². The lowest BCUT2D eigenvalue weighted by atomic mass is 9.82. The summed E-state index contributed by atoms with van der Waals surface area (Å²) in [4.78, 5) is 16.9. The molecule has 2 aliphatic heterocycles. The van der Waals surface area contributed by atoms with Crippen molar-refractivity contribution < 1.29 is 9.90 Å². The maximum absolute atomic E-state index is 12.7. The number of aryl methyl sites for hydroxylation is 1. The molecule has 0 saturated carbocycles. The second kappa shape index (κ2) is 6.85. The minimum absolute atomic E-state index is 0.0420. The summed E-state index contributed by atoms with van der Waals surface area (Å²) in [7, 11) is 1.80. The maximum Gasteiger partial charge on any atom is 0.257 e. The van der Waals surface area contributed by atoms with Crippen LogP contribution in [0, 0.1) is 0 Å². The van der Waals surface area contributed by atoms with Gasteiger partial charge in [0.15, 0.2) is 0 Å². The van der Waals surface area contributed by atoms with Gasteiger partial charge < -0.3 is 10.0 Å². The maximum atomic E-state index is 12.7. The normalized spacial score (nSPS) is 26.5. The number of likely N-dealkylation sites (tertiary alicyclic amines) is 2. The van der Waals surface area contributed by atoms with Crippen LogP contribution in [0.25, 0.3) is 0 Å². The zero-order valence-electron chi connectivity index (χ0n) is 15.2. The Kier molecular flexibility index (Phi) is 4.54. The number of aliphatic hydroxyl groups is 1. The molecule has 2 atom stereocenters. The topological polar surface area (TPSA) is 61.6 Å². The largest absolute Gasteiger partial charge is 0.389 e. The van der Waals surface area contributed by atoms with E-state index in [0.717, 1.165) is 32.4 Å². The molecular formula is C20H26N4O2. The van der Waals surface area contributed by atoms with E-state index in [1.165, 1.54) is 5.56 Å². The van der Waals surface area contributed by atoms with Crippen molar-refractivity contribution in [1.29, 1.82) is 0 Å². The highest BCUT2D eigenvalue weighted by atomic mass is 16.3. The van der Waals surface area contributed by atoms with Crippen molar-refractivity contribution in [3.05, 3.63) is 53.9 Å². The lowest BCUT2D eigenvalue weighted by Gasteiger charge is -2.48. The highest BCUT2D eigenvalue weighted by Gasteiger charge is 2.49. The Bertz CT molecular complexity index is 775. The Morgan fingerprint density at radius 3 is 2.77 bits per heavy atom. The third-order valence-corrected chi connectivity index (χ3v) is 5.95. The number of carbonyl (C=O) groups excluding carboxylic acids is 1. The third-order valence-electron chi connectivity index (χ3n) is 5.95. The molecule has 138 valence electrons. The van der Waals surface area contributed by atoms with Crippen LogP contribution in [0.5, 0.6) is 0 Å². The number of hydrogen-bond donors (Lipinski definition) is 1. The number of amides is 1. The first-order valence-electron chi connectivity index (χ1n) is 9.33. The van der Waals surface area contributed by atoms with Gasteiger partial charge >= 0.3 is 0 Å². The molecule has 3 heterocycles. The molecule has 4 rings (SSSR count). The van der Waals surface area contributed by atoms with Crippen molar-refractivity contribution in [2.75, 3.05) is 19.6 Å². The SMILES string of the molecule is Cn1cc(C(=O)N2CC[C@@]3(CCCN3Cc3ccccc3)[C@@H](O)C2)cn1. The molecular weight excluding hydrogens is 328 g/mol. The first-order valence-corrected chi connectivity index (χ1v) is 9.33. The second-order valence-corrected chi connectivity index (χ2v) is 7.53. The van der Waals surface area contributed by atoms with E-state index in [0.29, 0.717) is 18.7 Å². The fourth-order valence-electron chi connectivity index (χ4n) is 4.52. The molecule has 2 aliphatic rings. The van der Waals surface area contributed by atoms with Gasteiger partial charge in [-0.1, -0.05) is 30.3 Å². The number of aromatic nitrogens is 2. The van der Waals surface area contributed by atoms with Crippen LogP contribution in [0.4, 0.5) is 0 Å². The van der Waals surface area contributed by atoms with Gasteiger partial charge in [0.05, 0.1) is 23.4 Å². The van der Waals surface area contributed by atoms with Gasteiger partial charge in [0.25, 0.3) is 5.91 Å². The first-order chi connectivity index (χ1) is 12.6.